The molecule has 1 aromatic heterocycles. The number of nitrogens with two attached hydrogens (primary N) is 1. The number of hydrogen-bond acceptors (Lipinski definition) is 12. The molecular formula is C20H24N8O7S3. The van der Waals surface area contributed by atoms with Gasteiger partial charge in [0.05, 0.1) is 6.26 Å². The highest BCUT2D eigenvalue weighted by atomic mass is 32.2. The Morgan fingerprint density at radius 2 is 2.05 bits per heavy atom. The SMILES string of the molecule is CS(=O)(=O)NCCC(Sc1nn[nH]n1)C1=C(C(=O)O)N2C(=O)[C@@H](NC(=O)C(N)c3ccc(O)cc3)[C@@H]2SC1. The second-order valence-corrected chi connectivity index (χ2v) is 12.5. The first-order valence-corrected chi connectivity index (χ1v) is 14.9. The number of hydrogen-bond donors (Lipinski definition) is 6. The summed E-state index contributed by atoms with van der Waals surface area (Å²) in [6, 6.07) is 3.66. The number of nitrogens with zero attached hydrogens (tertiary/aromatic N) is 4. The number of β-lactam (4-membered cyclic amide) rings is 1. The van der Waals surface area contributed by atoms with Gasteiger partial charge in [0.15, 0.2) is 0 Å². The average molecular weight is 585 g/mol. The fraction of sp³-hybridized carbons (Fsp3) is 0.400. The summed E-state index contributed by atoms with van der Waals surface area (Å²) in [7, 11) is -3.48. The normalized spacial score (nSPS) is 20.9. The van der Waals surface area contributed by atoms with E-state index < -0.39 is 50.5 Å². The number of aliphatic carboxylic acids is 1. The van der Waals surface area contributed by atoms with E-state index in [0.717, 1.165) is 22.9 Å². The van der Waals surface area contributed by atoms with Crippen LogP contribution in [0.5, 0.6) is 5.75 Å². The van der Waals surface area contributed by atoms with Crippen molar-refractivity contribution in [2.75, 3.05) is 18.6 Å². The molecule has 4 rings (SSSR count). The van der Waals surface area contributed by atoms with Crippen molar-refractivity contribution >= 4 is 51.3 Å². The number of H-pyrrole nitrogens is 1. The minimum Gasteiger partial charge on any atom is -0.508 e. The van der Waals surface area contributed by atoms with Gasteiger partial charge in [-0.25, -0.2) is 17.9 Å². The maximum Gasteiger partial charge on any atom is 0.352 e. The number of rotatable bonds is 11. The van der Waals surface area contributed by atoms with Gasteiger partial charge in [0.25, 0.3) is 5.91 Å². The van der Waals surface area contributed by atoms with E-state index in [1.54, 1.807) is 0 Å². The summed E-state index contributed by atoms with van der Waals surface area (Å²) < 4.78 is 25.4. The number of fused-ring (bicyclic) bond motifs is 1. The molecule has 2 aliphatic rings. The van der Waals surface area contributed by atoms with Gasteiger partial charge in [0, 0.05) is 17.5 Å². The number of carbonyl (C=O) groups excluding carboxylic acids is 2. The predicted octanol–water partition coefficient (Wildman–Crippen LogP) is -1.26. The summed E-state index contributed by atoms with van der Waals surface area (Å²) in [6.45, 7) is 0.0145. The maximum atomic E-state index is 13.1. The molecule has 1 saturated heterocycles. The Kier molecular flexibility index (Phi) is 8.26. The molecule has 0 radical (unpaired) electrons. The zero-order valence-electron chi connectivity index (χ0n) is 19.8. The number of carboxylic acids is 1. The maximum absolute atomic E-state index is 13.1. The van der Waals surface area contributed by atoms with Crippen LogP contribution in [0.1, 0.15) is 18.0 Å². The highest BCUT2D eigenvalue weighted by Gasteiger charge is 2.55. The van der Waals surface area contributed by atoms with Crippen LogP contribution in [0, 0.1) is 0 Å². The van der Waals surface area contributed by atoms with E-state index in [0.29, 0.717) is 11.1 Å². The highest BCUT2D eigenvalue weighted by Crippen LogP contribution is 2.44. The van der Waals surface area contributed by atoms with Crippen LogP contribution in [-0.4, -0.2) is 97.2 Å². The summed E-state index contributed by atoms with van der Waals surface area (Å²) in [6.07, 6.45) is 1.20. The van der Waals surface area contributed by atoms with Gasteiger partial charge in [-0.3, -0.25) is 14.5 Å². The Morgan fingerprint density at radius 1 is 1.34 bits per heavy atom. The van der Waals surface area contributed by atoms with Crippen LogP contribution >= 0.6 is 23.5 Å². The Labute approximate surface area is 225 Å². The number of carbonyl (C=O) groups is 3. The van der Waals surface area contributed by atoms with E-state index in [1.807, 2.05) is 0 Å². The van der Waals surface area contributed by atoms with Gasteiger partial charge in [0.1, 0.15) is 28.9 Å². The van der Waals surface area contributed by atoms with Crippen LogP contribution in [-0.2, 0) is 24.4 Å². The van der Waals surface area contributed by atoms with E-state index >= 15 is 0 Å². The molecule has 2 unspecified atom stereocenters. The van der Waals surface area contributed by atoms with E-state index in [-0.39, 0.29) is 35.3 Å². The van der Waals surface area contributed by atoms with Crippen LogP contribution in [0.25, 0.3) is 0 Å². The Hall–Kier alpha value is -3.19. The molecule has 1 aromatic carbocycles. The van der Waals surface area contributed by atoms with Crippen LogP contribution in [0.4, 0.5) is 0 Å². The highest BCUT2D eigenvalue weighted by molar-refractivity contribution is 8.01. The van der Waals surface area contributed by atoms with Crippen LogP contribution in [0.2, 0.25) is 0 Å². The summed E-state index contributed by atoms with van der Waals surface area (Å²) >= 11 is 2.35. The minimum absolute atomic E-state index is 0.0106. The second-order valence-electron chi connectivity index (χ2n) is 8.40. The first-order chi connectivity index (χ1) is 18.0. The molecule has 1 fully saturated rings. The zero-order valence-corrected chi connectivity index (χ0v) is 22.2. The number of amides is 2. The third kappa shape index (κ3) is 6.09. The largest absolute Gasteiger partial charge is 0.508 e. The van der Waals surface area contributed by atoms with Gasteiger partial charge in [-0.2, -0.15) is 5.21 Å². The molecule has 0 saturated carbocycles. The van der Waals surface area contributed by atoms with Crippen molar-refractivity contribution in [1.29, 1.82) is 0 Å². The Balaban J connectivity index is 1.53. The number of phenolic OH excluding ortho intramolecular Hbond substituents is 1. The lowest BCUT2D eigenvalue weighted by molar-refractivity contribution is -0.150. The van der Waals surface area contributed by atoms with Crippen molar-refractivity contribution < 1.29 is 33.0 Å². The molecule has 204 valence electrons. The zero-order chi connectivity index (χ0) is 27.6. The number of carboxylic acid groups (broad SMARTS) is 1. The van der Waals surface area contributed by atoms with Crippen LogP contribution < -0.4 is 15.8 Å². The summed E-state index contributed by atoms with van der Waals surface area (Å²) in [5.74, 6) is -2.37. The van der Waals surface area contributed by atoms with E-state index in [9.17, 15) is 33.0 Å². The van der Waals surface area contributed by atoms with Gasteiger partial charge in [-0.05, 0) is 34.9 Å². The molecule has 2 aromatic rings. The number of thioether (sulfide) groups is 2. The van der Waals surface area contributed by atoms with Crippen molar-refractivity contribution in [3.8, 4) is 5.75 Å². The molecular weight excluding hydrogens is 560 g/mol. The van der Waals surface area contributed by atoms with Crippen molar-refractivity contribution in [3.05, 3.63) is 41.1 Å². The third-order valence-electron chi connectivity index (χ3n) is 5.77. The molecule has 3 heterocycles. The molecule has 4 atom stereocenters. The lowest BCUT2D eigenvalue weighted by Gasteiger charge is -2.50. The molecule has 18 heteroatoms. The standard InChI is InChI=1S/C20H24N8O7S3/c1-38(34,35)22-7-6-12(37-20-24-26-27-25-20)11-8-36-18-14(17(31)28(18)15(11)19(32)33)23-16(30)13(21)9-2-4-10(29)5-3-9/h2-5,12-14,18,22,29H,6-8,21H2,1H3,(H,23,30)(H,32,33)(H,24,25,26,27)/t12?,13?,14-,18+/m1/s1. The molecule has 2 aliphatic heterocycles. The summed E-state index contributed by atoms with van der Waals surface area (Å²) in [4.78, 5) is 39.2. The topological polar surface area (TPSA) is 234 Å². The minimum atomic E-state index is -3.48. The van der Waals surface area contributed by atoms with Crippen molar-refractivity contribution in [3.63, 3.8) is 0 Å². The molecule has 2 amide bonds. The second kappa shape index (κ2) is 11.3. The van der Waals surface area contributed by atoms with Crippen molar-refractivity contribution in [1.82, 2.24) is 35.6 Å². The van der Waals surface area contributed by atoms with Gasteiger partial charge in [-0.15, -0.1) is 22.0 Å². The number of benzene rings is 1. The molecule has 15 nitrogen and oxygen atoms in total. The number of aromatic amines is 1. The van der Waals surface area contributed by atoms with Crippen molar-refractivity contribution in [2.45, 2.75) is 34.3 Å². The number of nitrogens with one attached hydrogen (secondary N) is 3. The smallest absolute Gasteiger partial charge is 0.352 e. The first kappa shape index (κ1) is 27.8. The molecule has 38 heavy (non-hydrogen) atoms. The predicted molar refractivity (Wildman–Crippen MR) is 136 cm³/mol. The number of aromatic hydroxyl groups is 1. The monoisotopic (exact) mass is 584 g/mol. The molecule has 0 spiro atoms. The molecule has 0 aliphatic carbocycles. The van der Waals surface area contributed by atoms with Crippen molar-refractivity contribution in [2.24, 2.45) is 5.73 Å². The van der Waals surface area contributed by atoms with Gasteiger partial charge >= 0.3 is 5.97 Å². The quantitative estimate of drug-likeness (QED) is 0.134. The number of sulfonamides is 1. The van der Waals surface area contributed by atoms with Crippen LogP contribution in [0.3, 0.4) is 0 Å². The average Bonchev–Trinajstić information content (AvgIpc) is 3.38. The fourth-order valence-electron chi connectivity index (χ4n) is 3.98. The van der Waals surface area contributed by atoms with Crippen LogP contribution in [0.15, 0.2) is 40.7 Å². The van der Waals surface area contributed by atoms with E-state index in [1.165, 1.54) is 36.0 Å². The van der Waals surface area contributed by atoms with Gasteiger partial charge < -0.3 is 21.3 Å². The number of phenols is 1. The number of tetrazole rings is 1. The lowest BCUT2D eigenvalue weighted by Crippen LogP contribution is -2.71. The van der Waals surface area contributed by atoms with Gasteiger partial charge in [0.2, 0.25) is 21.1 Å². The fourth-order valence-corrected chi connectivity index (χ4v) is 7.00. The van der Waals surface area contributed by atoms with E-state index in [2.05, 4.69) is 30.7 Å². The summed E-state index contributed by atoms with van der Waals surface area (Å²) in [5, 5.41) is 34.6. The van der Waals surface area contributed by atoms with E-state index in [4.69, 9.17) is 5.73 Å². The summed E-state index contributed by atoms with van der Waals surface area (Å²) in [5.41, 5.74) is 6.60. The number of aromatic nitrogens is 4. The molecule has 7 N–H and O–H groups in total. The van der Waals surface area contributed by atoms with Gasteiger partial charge in [-0.1, -0.05) is 23.9 Å². The lowest BCUT2D eigenvalue weighted by atomic mass is 9.99. The first-order valence-electron chi connectivity index (χ1n) is 11.1. The molecule has 0 bridgehead atoms. The Bertz CT molecular complexity index is 1350. The Morgan fingerprint density at radius 3 is 2.66 bits per heavy atom. The third-order valence-corrected chi connectivity index (χ3v) is 8.98.